The van der Waals surface area contributed by atoms with Gasteiger partial charge >= 0.3 is 11.9 Å². The van der Waals surface area contributed by atoms with E-state index in [1.165, 1.54) is 19.9 Å². The van der Waals surface area contributed by atoms with Crippen molar-refractivity contribution >= 4 is 46.7 Å². The van der Waals surface area contributed by atoms with Gasteiger partial charge in [0.05, 0.1) is 5.56 Å². The van der Waals surface area contributed by atoms with Crippen LogP contribution in [0.2, 0.25) is 0 Å². The van der Waals surface area contributed by atoms with Crippen LogP contribution in [0.5, 0.6) is 0 Å². The molecular formula is C14H16Cl3NO4. The van der Waals surface area contributed by atoms with Crippen molar-refractivity contribution in [2.75, 3.05) is 0 Å². The molecule has 0 aromatic heterocycles. The van der Waals surface area contributed by atoms with Gasteiger partial charge < -0.3 is 15.6 Å². The monoisotopic (exact) mass is 367 g/mol. The van der Waals surface area contributed by atoms with Crippen LogP contribution >= 0.6 is 34.8 Å². The van der Waals surface area contributed by atoms with Crippen LogP contribution in [0.15, 0.2) is 24.3 Å². The van der Waals surface area contributed by atoms with Crippen molar-refractivity contribution in [3.63, 3.8) is 0 Å². The zero-order valence-corrected chi connectivity index (χ0v) is 14.2. The highest BCUT2D eigenvalue weighted by atomic mass is 35.6. The first-order valence-corrected chi connectivity index (χ1v) is 7.45. The maximum Gasteiger partial charge on any atom is 0.339 e. The second-order valence-corrected chi connectivity index (χ2v) is 7.48. The highest BCUT2D eigenvalue weighted by molar-refractivity contribution is 6.68. The molecule has 0 saturated carbocycles. The van der Waals surface area contributed by atoms with Crippen molar-refractivity contribution in [3.8, 4) is 0 Å². The van der Waals surface area contributed by atoms with E-state index in [4.69, 9.17) is 50.4 Å². The van der Waals surface area contributed by atoms with Crippen LogP contribution in [0.25, 0.3) is 0 Å². The van der Waals surface area contributed by atoms with Gasteiger partial charge in [-0.25, -0.2) is 4.79 Å². The average Bonchev–Trinajstić information content (AvgIpc) is 2.37. The number of halogens is 3. The summed E-state index contributed by atoms with van der Waals surface area (Å²) in [5.41, 5.74) is 4.76. The van der Waals surface area contributed by atoms with Crippen LogP contribution < -0.4 is 5.73 Å². The number of carboxylic acids is 1. The van der Waals surface area contributed by atoms with Crippen molar-refractivity contribution in [1.82, 2.24) is 0 Å². The number of ether oxygens (including phenoxy) is 1. The fraction of sp³-hybridized carbons (Fsp3) is 0.429. The van der Waals surface area contributed by atoms with Gasteiger partial charge in [-0.1, -0.05) is 53.0 Å². The summed E-state index contributed by atoms with van der Waals surface area (Å²) in [5, 5.41) is 8.87. The van der Waals surface area contributed by atoms with Gasteiger partial charge in [-0.2, -0.15) is 0 Å². The van der Waals surface area contributed by atoms with Gasteiger partial charge in [0.2, 0.25) is 3.79 Å². The van der Waals surface area contributed by atoms with E-state index in [1.807, 2.05) is 0 Å². The quantitative estimate of drug-likeness (QED) is 0.616. The largest absolute Gasteiger partial charge is 0.480 e. The normalized spacial score (nSPS) is 13.5. The van der Waals surface area contributed by atoms with E-state index in [9.17, 15) is 9.59 Å². The number of alkyl halides is 3. The number of hydrogen-bond acceptors (Lipinski definition) is 4. The Bertz CT molecular complexity index is 569. The fourth-order valence-corrected chi connectivity index (χ4v) is 1.68. The summed E-state index contributed by atoms with van der Waals surface area (Å²) in [6, 6.07) is 5.26. The zero-order valence-electron chi connectivity index (χ0n) is 12.0. The summed E-state index contributed by atoms with van der Waals surface area (Å²) in [4.78, 5) is 23.1. The first-order valence-electron chi connectivity index (χ1n) is 6.32. The van der Waals surface area contributed by atoms with Crippen molar-refractivity contribution in [2.24, 2.45) is 5.73 Å². The minimum atomic E-state index is -1.81. The molecular weight excluding hydrogens is 353 g/mol. The summed E-state index contributed by atoms with van der Waals surface area (Å²) in [7, 11) is 0. The maximum absolute atomic E-state index is 12.3. The second kappa shape index (κ2) is 7.04. The van der Waals surface area contributed by atoms with Gasteiger partial charge in [-0.3, -0.25) is 4.79 Å². The molecule has 5 nitrogen and oxygen atoms in total. The number of rotatable bonds is 5. The molecule has 0 aliphatic heterocycles. The highest BCUT2D eigenvalue weighted by Gasteiger charge is 2.44. The van der Waals surface area contributed by atoms with E-state index in [0.717, 1.165) is 0 Å². The minimum absolute atomic E-state index is 0.0190. The lowest BCUT2D eigenvalue weighted by atomic mass is 10.0. The smallest absolute Gasteiger partial charge is 0.339 e. The van der Waals surface area contributed by atoms with Crippen molar-refractivity contribution in [3.05, 3.63) is 35.4 Å². The zero-order chi connectivity index (χ0) is 17.1. The first-order chi connectivity index (χ1) is 9.95. The third-order valence-electron chi connectivity index (χ3n) is 3.02. The predicted octanol–water partition coefficient (Wildman–Crippen LogP) is 2.95. The third kappa shape index (κ3) is 4.74. The SMILES string of the molecule is CC(C)(OC(=O)c1ccccc1CC(N)C(=O)O)C(Cl)(Cl)Cl. The van der Waals surface area contributed by atoms with Gasteiger partial charge in [-0.15, -0.1) is 0 Å². The third-order valence-corrected chi connectivity index (χ3v) is 4.39. The first kappa shape index (κ1) is 19.0. The van der Waals surface area contributed by atoms with E-state index >= 15 is 0 Å². The molecule has 22 heavy (non-hydrogen) atoms. The molecule has 0 heterocycles. The van der Waals surface area contributed by atoms with Crippen LogP contribution in [0.3, 0.4) is 0 Å². The molecule has 122 valence electrons. The Morgan fingerprint density at radius 2 is 1.82 bits per heavy atom. The summed E-state index contributed by atoms with van der Waals surface area (Å²) in [6.07, 6.45) is -0.0190. The lowest BCUT2D eigenvalue weighted by Gasteiger charge is -2.32. The Balaban J connectivity index is 3.02. The van der Waals surface area contributed by atoms with Crippen molar-refractivity contribution in [1.29, 1.82) is 0 Å². The van der Waals surface area contributed by atoms with Gasteiger partial charge in [0.1, 0.15) is 6.04 Å². The second-order valence-electron chi connectivity index (χ2n) is 5.20. The molecule has 1 atom stereocenters. The molecule has 1 aromatic carbocycles. The van der Waals surface area contributed by atoms with E-state index in [0.29, 0.717) is 5.56 Å². The Labute approximate surface area is 143 Å². The van der Waals surface area contributed by atoms with Gasteiger partial charge in [0.15, 0.2) is 5.60 Å². The molecule has 0 aliphatic rings. The molecule has 0 bridgehead atoms. The number of nitrogens with two attached hydrogens (primary N) is 1. The highest BCUT2D eigenvalue weighted by Crippen LogP contribution is 2.40. The average molecular weight is 369 g/mol. The molecule has 0 fully saturated rings. The summed E-state index contributed by atoms with van der Waals surface area (Å²) >= 11 is 17.3. The Hall–Kier alpha value is -1.01. The lowest BCUT2D eigenvalue weighted by molar-refractivity contribution is -0.138. The molecule has 0 radical (unpaired) electrons. The number of carboxylic acid groups (broad SMARTS) is 1. The van der Waals surface area contributed by atoms with Crippen LogP contribution in [0.1, 0.15) is 29.8 Å². The number of hydrogen-bond donors (Lipinski definition) is 2. The summed E-state index contributed by atoms with van der Waals surface area (Å²) in [5.74, 6) is -1.88. The molecule has 1 aromatic rings. The topological polar surface area (TPSA) is 89.6 Å². The van der Waals surface area contributed by atoms with Crippen molar-refractivity contribution < 1.29 is 19.4 Å². The Kier molecular flexibility index (Phi) is 6.10. The van der Waals surface area contributed by atoms with E-state index in [2.05, 4.69) is 0 Å². The van der Waals surface area contributed by atoms with Gasteiger partial charge in [0.25, 0.3) is 0 Å². The fourth-order valence-electron chi connectivity index (χ4n) is 1.57. The standard InChI is InChI=1S/C14H16Cl3NO4/c1-13(2,14(15,16)17)22-12(21)9-6-4-3-5-8(9)7-10(18)11(19)20/h3-6,10H,7,18H2,1-2H3,(H,19,20). The van der Waals surface area contributed by atoms with Crippen molar-refractivity contribution in [2.45, 2.75) is 35.7 Å². The van der Waals surface area contributed by atoms with E-state index in [1.54, 1.807) is 18.2 Å². The van der Waals surface area contributed by atoms with Crippen LogP contribution in [-0.2, 0) is 16.0 Å². The number of esters is 1. The van der Waals surface area contributed by atoms with Gasteiger partial charge in [0, 0.05) is 0 Å². The molecule has 3 N–H and O–H groups in total. The Morgan fingerprint density at radius 3 is 2.32 bits per heavy atom. The van der Waals surface area contributed by atoms with E-state index < -0.39 is 27.4 Å². The predicted molar refractivity (Wildman–Crippen MR) is 85.5 cm³/mol. The molecule has 1 rings (SSSR count). The van der Waals surface area contributed by atoms with Crippen LogP contribution in [0, 0.1) is 0 Å². The Morgan fingerprint density at radius 1 is 1.27 bits per heavy atom. The van der Waals surface area contributed by atoms with Crippen LogP contribution in [-0.4, -0.2) is 32.5 Å². The summed E-state index contributed by atoms with van der Waals surface area (Å²) < 4.78 is 3.44. The van der Waals surface area contributed by atoms with E-state index in [-0.39, 0.29) is 12.0 Å². The summed E-state index contributed by atoms with van der Waals surface area (Å²) in [6.45, 7) is 2.92. The maximum atomic E-state index is 12.3. The number of carbonyl (C=O) groups excluding carboxylic acids is 1. The molecule has 0 amide bonds. The lowest BCUT2D eigenvalue weighted by Crippen LogP contribution is -2.41. The number of aliphatic carboxylic acids is 1. The van der Waals surface area contributed by atoms with Crippen LogP contribution in [0.4, 0.5) is 0 Å². The molecule has 0 saturated heterocycles. The number of carbonyl (C=O) groups is 2. The molecule has 0 spiro atoms. The minimum Gasteiger partial charge on any atom is -0.480 e. The number of benzene rings is 1. The molecule has 1 unspecified atom stereocenters. The van der Waals surface area contributed by atoms with Gasteiger partial charge in [-0.05, 0) is 31.9 Å². The molecule has 0 aliphatic carbocycles. The molecule has 8 heteroatoms.